The molecule has 18 heavy (non-hydrogen) atoms. The van der Waals surface area contributed by atoms with Crippen LogP contribution in [0.25, 0.3) is 0 Å². The first kappa shape index (κ1) is 15.0. The summed E-state index contributed by atoms with van der Waals surface area (Å²) in [6.45, 7) is 4.51. The molecule has 0 aliphatic rings. The fraction of sp³-hybridized carbons (Fsp3) is 0.455. The quantitative estimate of drug-likeness (QED) is 0.770. The van der Waals surface area contributed by atoms with E-state index in [1.165, 1.54) is 0 Å². The zero-order chi connectivity index (χ0) is 13.8. The Labute approximate surface area is 105 Å². The molecule has 0 bridgehead atoms. The first-order chi connectivity index (χ1) is 8.33. The number of halogens is 2. The normalized spacial score (nSPS) is 12.1. The molecule has 0 aromatic heterocycles. The minimum Gasteiger partial charge on any atom is -0.313 e. The monoisotopic (exact) mass is 278 g/mol. The van der Waals surface area contributed by atoms with E-state index in [2.05, 4.69) is 10.0 Å². The molecule has 1 rings (SSSR count). The van der Waals surface area contributed by atoms with Gasteiger partial charge in [0.25, 0.3) is 0 Å². The first-order valence-electron chi connectivity index (χ1n) is 5.51. The summed E-state index contributed by atoms with van der Waals surface area (Å²) in [7, 11) is -3.79. The van der Waals surface area contributed by atoms with E-state index in [4.69, 9.17) is 0 Å². The van der Waals surface area contributed by atoms with E-state index in [0.29, 0.717) is 12.6 Å². The lowest BCUT2D eigenvalue weighted by atomic mass is 10.3. The predicted octanol–water partition coefficient (Wildman–Crippen LogP) is 1.24. The van der Waals surface area contributed by atoms with Gasteiger partial charge in [-0.25, -0.2) is 21.9 Å². The molecule has 102 valence electrons. The second-order valence-electron chi connectivity index (χ2n) is 4.08. The number of rotatable bonds is 6. The minimum atomic E-state index is -3.79. The molecule has 0 aliphatic heterocycles. The highest BCUT2D eigenvalue weighted by Crippen LogP contribution is 2.13. The van der Waals surface area contributed by atoms with E-state index in [9.17, 15) is 17.2 Å². The van der Waals surface area contributed by atoms with Crippen LogP contribution in [0.5, 0.6) is 0 Å². The van der Waals surface area contributed by atoms with Crippen molar-refractivity contribution in [2.24, 2.45) is 0 Å². The molecule has 4 nitrogen and oxygen atoms in total. The highest BCUT2D eigenvalue weighted by atomic mass is 32.2. The van der Waals surface area contributed by atoms with Crippen molar-refractivity contribution in [2.45, 2.75) is 24.8 Å². The summed E-state index contributed by atoms with van der Waals surface area (Å²) in [5.74, 6) is -2.26. The molecule has 0 fully saturated rings. The number of hydrogen-bond donors (Lipinski definition) is 2. The van der Waals surface area contributed by atoms with Gasteiger partial charge in [0.15, 0.2) is 11.6 Å². The molecule has 0 amide bonds. The number of benzene rings is 1. The molecule has 0 atom stereocenters. The van der Waals surface area contributed by atoms with E-state index >= 15 is 0 Å². The van der Waals surface area contributed by atoms with Crippen LogP contribution in [0, 0.1) is 11.6 Å². The number of sulfonamides is 1. The van der Waals surface area contributed by atoms with Crippen LogP contribution < -0.4 is 10.0 Å². The summed E-state index contributed by atoms with van der Waals surface area (Å²) in [5.41, 5.74) is 0. The van der Waals surface area contributed by atoms with E-state index in [0.717, 1.165) is 12.1 Å². The van der Waals surface area contributed by atoms with Crippen LogP contribution in [0.3, 0.4) is 0 Å². The summed E-state index contributed by atoms with van der Waals surface area (Å²) >= 11 is 0. The first-order valence-corrected chi connectivity index (χ1v) is 6.99. The maximum absolute atomic E-state index is 12.9. The molecular weight excluding hydrogens is 262 g/mol. The summed E-state index contributed by atoms with van der Waals surface area (Å²) in [5, 5.41) is 3.03. The van der Waals surface area contributed by atoms with Crippen LogP contribution in [-0.4, -0.2) is 27.5 Å². The maximum Gasteiger partial charge on any atom is 0.240 e. The molecule has 0 spiro atoms. The smallest absolute Gasteiger partial charge is 0.240 e. The Morgan fingerprint density at radius 2 is 1.83 bits per heavy atom. The second-order valence-corrected chi connectivity index (χ2v) is 5.85. The van der Waals surface area contributed by atoms with Gasteiger partial charge >= 0.3 is 0 Å². The lowest BCUT2D eigenvalue weighted by molar-refractivity contribution is 0.504. The van der Waals surface area contributed by atoms with Crippen LogP contribution in [0.2, 0.25) is 0 Å². The second kappa shape index (κ2) is 6.21. The van der Waals surface area contributed by atoms with Crippen molar-refractivity contribution in [3.63, 3.8) is 0 Å². The Morgan fingerprint density at radius 3 is 2.39 bits per heavy atom. The van der Waals surface area contributed by atoms with Crippen molar-refractivity contribution in [2.75, 3.05) is 13.1 Å². The van der Waals surface area contributed by atoms with Crippen molar-refractivity contribution in [1.82, 2.24) is 10.0 Å². The number of nitrogens with one attached hydrogen (secondary N) is 2. The Morgan fingerprint density at radius 1 is 1.17 bits per heavy atom. The zero-order valence-electron chi connectivity index (χ0n) is 10.2. The van der Waals surface area contributed by atoms with Gasteiger partial charge in [-0.3, -0.25) is 0 Å². The Balaban J connectivity index is 2.66. The highest BCUT2D eigenvalue weighted by molar-refractivity contribution is 7.89. The van der Waals surface area contributed by atoms with Crippen LogP contribution >= 0.6 is 0 Å². The summed E-state index contributed by atoms with van der Waals surface area (Å²) in [6, 6.07) is 2.72. The van der Waals surface area contributed by atoms with Gasteiger partial charge in [-0.2, -0.15) is 0 Å². The third-order valence-corrected chi connectivity index (χ3v) is 3.63. The fourth-order valence-corrected chi connectivity index (χ4v) is 2.32. The molecule has 0 aliphatic carbocycles. The van der Waals surface area contributed by atoms with Crippen LogP contribution in [0.1, 0.15) is 13.8 Å². The average Bonchev–Trinajstić information content (AvgIpc) is 2.28. The SMILES string of the molecule is CC(C)NCCNS(=O)(=O)c1ccc(F)c(F)c1. The lowest BCUT2D eigenvalue weighted by Gasteiger charge is -2.09. The Bertz CT molecular complexity index is 504. The summed E-state index contributed by atoms with van der Waals surface area (Å²) < 4.78 is 51.3. The van der Waals surface area contributed by atoms with Crippen molar-refractivity contribution < 1.29 is 17.2 Å². The van der Waals surface area contributed by atoms with Crippen LogP contribution in [0.15, 0.2) is 23.1 Å². The van der Waals surface area contributed by atoms with Gasteiger partial charge in [-0.05, 0) is 18.2 Å². The van der Waals surface area contributed by atoms with E-state index in [-0.39, 0.29) is 17.5 Å². The van der Waals surface area contributed by atoms with Crippen molar-refractivity contribution in [1.29, 1.82) is 0 Å². The molecule has 0 heterocycles. The van der Waals surface area contributed by atoms with Gasteiger partial charge in [0.05, 0.1) is 4.90 Å². The van der Waals surface area contributed by atoms with Gasteiger partial charge in [0.2, 0.25) is 10.0 Å². The van der Waals surface area contributed by atoms with Crippen LogP contribution in [-0.2, 0) is 10.0 Å². The maximum atomic E-state index is 12.9. The van der Waals surface area contributed by atoms with Crippen molar-refractivity contribution >= 4 is 10.0 Å². The van der Waals surface area contributed by atoms with Crippen molar-refractivity contribution in [3.05, 3.63) is 29.8 Å². The highest BCUT2D eigenvalue weighted by Gasteiger charge is 2.15. The molecule has 0 unspecified atom stereocenters. The van der Waals surface area contributed by atoms with Gasteiger partial charge in [0, 0.05) is 19.1 Å². The van der Waals surface area contributed by atoms with Gasteiger partial charge in [0.1, 0.15) is 0 Å². The zero-order valence-corrected chi connectivity index (χ0v) is 11.0. The molecular formula is C11H16F2N2O2S. The molecule has 1 aromatic carbocycles. The van der Waals surface area contributed by atoms with Crippen molar-refractivity contribution in [3.8, 4) is 0 Å². The molecule has 7 heteroatoms. The van der Waals surface area contributed by atoms with E-state index in [1.54, 1.807) is 0 Å². The largest absolute Gasteiger partial charge is 0.313 e. The van der Waals surface area contributed by atoms with Gasteiger partial charge < -0.3 is 5.32 Å². The fourth-order valence-electron chi connectivity index (χ4n) is 1.27. The predicted molar refractivity (Wildman–Crippen MR) is 64.7 cm³/mol. The molecule has 0 radical (unpaired) electrons. The number of hydrogen-bond acceptors (Lipinski definition) is 3. The Kier molecular flexibility index (Phi) is 5.18. The third kappa shape index (κ3) is 4.32. The van der Waals surface area contributed by atoms with Gasteiger partial charge in [-0.15, -0.1) is 0 Å². The topological polar surface area (TPSA) is 58.2 Å². The standard InChI is InChI=1S/C11H16F2N2O2S/c1-8(2)14-5-6-15-18(16,17)9-3-4-10(12)11(13)7-9/h3-4,7-8,14-15H,5-6H2,1-2H3. The summed E-state index contributed by atoms with van der Waals surface area (Å²) in [4.78, 5) is -0.286. The Hall–Kier alpha value is -1.05. The molecule has 2 N–H and O–H groups in total. The van der Waals surface area contributed by atoms with E-state index < -0.39 is 21.7 Å². The molecule has 1 aromatic rings. The lowest BCUT2D eigenvalue weighted by Crippen LogP contribution is -2.34. The third-order valence-electron chi connectivity index (χ3n) is 2.17. The minimum absolute atomic E-state index is 0.180. The molecule has 0 saturated carbocycles. The molecule has 0 saturated heterocycles. The van der Waals surface area contributed by atoms with Gasteiger partial charge in [-0.1, -0.05) is 13.8 Å². The average molecular weight is 278 g/mol. The van der Waals surface area contributed by atoms with E-state index in [1.807, 2.05) is 13.8 Å². The summed E-state index contributed by atoms with van der Waals surface area (Å²) in [6.07, 6.45) is 0. The van der Waals surface area contributed by atoms with Crippen LogP contribution in [0.4, 0.5) is 8.78 Å².